The highest BCUT2D eigenvalue weighted by atomic mass is 19.3. The highest BCUT2D eigenvalue weighted by Crippen LogP contribution is 1.91. The first kappa shape index (κ1) is 17.2. The molecule has 0 aliphatic heterocycles. The molecule has 0 aliphatic carbocycles. The fraction of sp³-hybridized carbons (Fsp3) is 0.909. The van der Waals surface area contributed by atoms with Gasteiger partial charge in [-0.1, -0.05) is 0 Å². The molecule has 0 saturated heterocycles. The van der Waals surface area contributed by atoms with Crippen LogP contribution in [0.4, 0.5) is 8.78 Å². The van der Waals surface area contributed by atoms with Crippen molar-refractivity contribution in [2.75, 3.05) is 40.0 Å². The van der Waals surface area contributed by atoms with E-state index in [1.807, 2.05) is 0 Å². The lowest BCUT2D eigenvalue weighted by atomic mass is 10.3. The third-order valence-electron chi connectivity index (χ3n) is 2.16. The zero-order chi connectivity index (χ0) is 13.8. The second kappa shape index (κ2) is 11.3. The number of hydrogen-bond acceptors (Lipinski definition) is 4. The van der Waals surface area contributed by atoms with Crippen molar-refractivity contribution in [3.8, 4) is 0 Å². The summed E-state index contributed by atoms with van der Waals surface area (Å²) in [6.45, 7) is 2.81. The third-order valence-corrected chi connectivity index (χ3v) is 2.16. The molecule has 1 amide bonds. The van der Waals surface area contributed by atoms with Gasteiger partial charge in [0, 0.05) is 26.8 Å². The number of methoxy groups -OCH3 is 1. The van der Waals surface area contributed by atoms with Gasteiger partial charge in [0.05, 0.1) is 12.6 Å². The average Bonchev–Trinajstić information content (AvgIpc) is 2.33. The minimum Gasteiger partial charge on any atom is -0.385 e. The van der Waals surface area contributed by atoms with Crippen LogP contribution >= 0.6 is 0 Å². The first-order chi connectivity index (χ1) is 8.57. The fourth-order valence-corrected chi connectivity index (χ4v) is 1.19. The van der Waals surface area contributed by atoms with E-state index in [9.17, 15) is 13.6 Å². The van der Waals surface area contributed by atoms with Gasteiger partial charge in [0.15, 0.2) is 0 Å². The summed E-state index contributed by atoms with van der Waals surface area (Å²) >= 11 is 0. The standard InChI is InChI=1S/C11H22F2N2O3/c1-9(11(16)15-4-3-6-17-2)14-5-7-18-8-10(12)13/h9-10,14H,3-8H2,1-2H3,(H,15,16). The van der Waals surface area contributed by atoms with Gasteiger partial charge in [0.1, 0.15) is 6.61 Å². The number of hydrogen-bond donors (Lipinski definition) is 2. The predicted octanol–water partition coefficient (Wildman–Crippen LogP) is 0.399. The van der Waals surface area contributed by atoms with Crippen molar-refractivity contribution >= 4 is 5.91 Å². The molecule has 0 spiro atoms. The lowest BCUT2D eigenvalue weighted by Gasteiger charge is -2.14. The quantitative estimate of drug-likeness (QED) is 0.533. The van der Waals surface area contributed by atoms with Crippen molar-refractivity contribution in [1.29, 1.82) is 0 Å². The lowest BCUT2D eigenvalue weighted by molar-refractivity contribution is -0.122. The van der Waals surface area contributed by atoms with E-state index in [0.29, 0.717) is 19.7 Å². The van der Waals surface area contributed by atoms with E-state index < -0.39 is 13.0 Å². The first-order valence-corrected chi connectivity index (χ1v) is 5.93. The Morgan fingerprint density at radius 2 is 2.00 bits per heavy atom. The van der Waals surface area contributed by atoms with E-state index >= 15 is 0 Å². The second-order valence-corrected chi connectivity index (χ2v) is 3.78. The molecule has 0 aliphatic rings. The molecule has 7 heteroatoms. The number of halogens is 2. The van der Waals surface area contributed by atoms with Gasteiger partial charge in [-0.05, 0) is 13.3 Å². The molecule has 0 saturated carbocycles. The van der Waals surface area contributed by atoms with E-state index in [-0.39, 0.29) is 18.6 Å². The minimum absolute atomic E-state index is 0.125. The van der Waals surface area contributed by atoms with Crippen molar-refractivity contribution in [2.45, 2.75) is 25.8 Å². The Balaban J connectivity index is 3.44. The van der Waals surface area contributed by atoms with Crippen molar-refractivity contribution in [3.05, 3.63) is 0 Å². The highest BCUT2D eigenvalue weighted by molar-refractivity contribution is 5.81. The molecule has 0 fully saturated rings. The van der Waals surface area contributed by atoms with Crippen LogP contribution in [0.5, 0.6) is 0 Å². The van der Waals surface area contributed by atoms with Crippen LogP contribution in [-0.4, -0.2) is 58.4 Å². The Hall–Kier alpha value is -0.790. The van der Waals surface area contributed by atoms with Gasteiger partial charge in [-0.15, -0.1) is 0 Å². The molecule has 0 aromatic carbocycles. The molecule has 0 radical (unpaired) electrons. The van der Waals surface area contributed by atoms with Gasteiger partial charge in [-0.2, -0.15) is 0 Å². The predicted molar refractivity (Wildman–Crippen MR) is 63.8 cm³/mol. The van der Waals surface area contributed by atoms with Crippen LogP contribution in [-0.2, 0) is 14.3 Å². The van der Waals surface area contributed by atoms with Crippen molar-refractivity contribution in [3.63, 3.8) is 0 Å². The summed E-state index contributed by atoms with van der Waals surface area (Å²) in [5.41, 5.74) is 0. The Labute approximate surface area is 106 Å². The number of nitrogens with one attached hydrogen (secondary N) is 2. The van der Waals surface area contributed by atoms with Gasteiger partial charge in [0.25, 0.3) is 6.43 Å². The maximum Gasteiger partial charge on any atom is 0.261 e. The molecule has 0 aromatic heterocycles. The SMILES string of the molecule is COCCCNC(=O)C(C)NCCOCC(F)F. The number of carbonyl (C=O) groups is 1. The second-order valence-electron chi connectivity index (χ2n) is 3.78. The van der Waals surface area contributed by atoms with Gasteiger partial charge >= 0.3 is 0 Å². The average molecular weight is 268 g/mol. The van der Waals surface area contributed by atoms with Gasteiger partial charge in [0.2, 0.25) is 5.91 Å². The molecular weight excluding hydrogens is 246 g/mol. The molecule has 1 atom stereocenters. The van der Waals surface area contributed by atoms with Crippen LogP contribution in [0, 0.1) is 0 Å². The monoisotopic (exact) mass is 268 g/mol. The van der Waals surface area contributed by atoms with Gasteiger partial charge < -0.3 is 20.1 Å². The highest BCUT2D eigenvalue weighted by Gasteiger charge is 2.10. The summed E-state index contributed by atoms with van der Waals surface area (Å²) < 4.78 is 33.0. The summed E-state index contributed by atoms with van der Waals surface area (Å²) in [7, 11) is 1.60. The molecule has 0 rings (SSSR count). The van der Waals surface area contributed by atoms with Crippen LogP contribution in [0.1, 0.15) is 13.3 Å². The zero-order valence-electron chi connectivity index (χ0n) is 10.9. The fourth-order valence-electron chi connectivity index (χ4n) is 1.19. The van der Waals surface area contributed by atoms with Crippen molar-refractivity contribution in [2.24, 2.45) is 0 Å². The molecule has 5 nitrogen and oxygen atoms in total. The zero-order valence-corrected chi connectivity index (χ0v) is 10.9. The molecule has 0 bridgehead atoms. The van der Waals surface area contributed by atoms with Gasteiger partial charge in [-0.3, -0.25) is 4.79 Å². The van der Waals surface area contributed by atoms with Gasteiger partial charge in [-0.25, -0.2) is 8.78 Å². The molecule has 1 unspecified atom stereocenters. The Morgan fingerprint density at radius 1 is 1.28 bits per heavy atom. The molecule has 108 valence electrons. The smallest absolute Gasteiger partial charge is 0.261 e. The first-order valence-electron chi connectivity index (χ1n) is 5.93. The Morgan fingerprint density at radius 3 is 2.61 bits per heavy atom. The van der Waals surface area contributed by atoms with E-state index in [1.165, 1.54) is 0 Å². The van der Waals surface area contributed by atoms with E-state index in [2.05, 4.69) is 15.4 Å². The topological polar surface area (TPSA) is 59.6 Å². The van der Waals surface area contributed by atoms with E-state index in [4.69, 9.17) is 4.74 Å². The maximum atomic E-state index is 11.7. The van der Waals surface area contributed by atoms with Crippen LogP contribution in [0.3, 0.4) is 0 Å². The number of rotatable bonds is 11. The van der Waals surface area contributed by atoms with E-state index in [1.54, 1.807) is 14.0 Å². The minimum atomic E-state index is -2.45. The van der Waals surface area contributed by atoms with Crippen molar-refractivity contribution in [1.82, 2.24) is 10.6 Å². The summed E-state index contributed by atoms with van der Waals surface area (Å²) in [6, 6.07) is -0.373. The largest absolute Gasteiger partial charge is 0.385 e. The third kappa shape index (κ3) is 10.4. The summed E-state index contributed by atoms with van der Waals surface area (Å²) in [5.74, 6) is -0.125. The molecule has 2 N–H and O–H groups in total. The number of carbonyl (C=O) groups excluding carboxylic acids is 1. The van der Waals surface area contributed by atoms with Crippen LogP contribution in [0.25, 0.3) is 0 Å². The van der Waals surface area contributed by atoms with Crippen LogP contribution in [0.15, 0.2) is 0 Å². The summed E-state index contributed by atoms with van der Waals surface area (Å²) in [6.07, 6.45) is -1.70. The summed E-state index contributed by atoms with van der Waals surface area (Å²) in [5, 5.41) is 5.62. The number of ether oxygens (including phenoxy) is 2. The normalized spacial score (nSPS) is 12.7. The van der Waals surface area contributed by atoms with E-state index in [0.717, 1.165) is 6.42 Å². The molecule has 0 heterocycles. The van der Waals surface area contributed by atoms with Crippen LogP contribution in [0.2, 0.25) is 0 Å². The van der Waals surface area contributed by atoms with Crippen molar-refractivity contribution < 1.29 is 23.0 Å². The Bertz CT molecular complexity index is 218. The van der Waals surface area contributed by atoms with Crippen LogP contribution < -0.4 is 10.6 Å². The number of alkyl halides is 2. The number of amides is 1. The Kier molecular flexibility index (Phi) is 10.8. The molecule has 0 aromatic rings. The molecular formula is C11H22F2N2O3. The molecule has 18 heavy (non-hydrogen) atoms. The summed E-state index contributed by atoms with van der Waals surface area (Å²) in [4.78, 5) is 11.5. The lowest BCUT2D eigenvalue weighted by Crippen LogP contribution is -2.43. The maximum absolute atomic E-state index is 11.7.